The number of hydrogen-bond acceptors (Lipinski definition) is 8. The number of benzene rings is 2. The molecule has 4 amide bonds. The first-order chi connectivity index (χ1) is 21.3. The number of fused-ring (bicyclic) bond motifs is 1. The van der Waals surface area contributed by atoms with Gasteiger partial charge in [0.25, 0.3) is 11.8 Å². The highest BCUT2D eigenvalue weighted by Gasteiger charge is 2.37. The van der Waals surface area contributed by atoms with Gasteiger partial charge in [0.2, 0.25) is 18.1 Å². The number of nitrogens with one attached hydrogen (secondary N) is 3. The number of hydrogen-bond donors (Lipinski definition) is 3. The number of carbonyl (C=O) groups excluding carboxylic acids is 5. The summed E-state index contributed by atoms with van der Waals surface area (Å²) in [5, 5.41) is 9.85. The lowest BCUT2D eigenvalue weighted by atomic mass is 10.1. The number of esters is 1. The molecular formula is C32H33N5O7. The first-order valence-electron chi connectivity index (χ1n) is 14.4. The molecule has 1 fully saturated rings. The fourth-order valence-electron chi connectivity index (χ4n) is 5.18. The molecule has 2 aliphatic rings. The van der Waals surface area contributed by atoms with E-state index >= 15 is 0 Å². The molecule has 0 bridgehead atoms. The monoisotopic (exact) mass is 599 g/mol. The molecule has 3 aromatic rings. The standard InChI is InChI=1S/C32H33N5O7/c1-2-43-32-25(16-27(39)44-32)35-26(38)19-37-18-20(17-34-29(40)22-9-4-3-5-10-22)12-13-24(31(37)42)36-30(41)28-23-11-7-6-8-21(23)14-15-33-28/h3-12,14-15,24-25,32H,2,13,16-19H2,1H3,(H,34,40)(H,35,38)(H,36,41)/t24-,25?,32?/m0/s1. The van der Waals surface area contributed by atoms with E-state index in [9.17, 15) is 24.0 Å². The second kappa shape index (κ2) is 13.9. The first kappa shape index (κ1) is 30.4. The Bertz CT molecular complexity index is 1590. The Morgan fingerprint density at radius 1 is 1.00 bits per heavy atom. The molecule has 1 aromatic heterocycles. The summed E-state index contributed by atoms with van der Waals surface area (Å²) >= 11 is 0. The molecule has 44 heavy (non-hydrogen) atoms. The van der Waals surface area contributed by atoms with Crippen molar-refractivity contribution in [1.82, 2.24) is 25.8 Å². The van der Waals surface area contributed by atoms with Gasteiger partial charge in [-0.2, -0.15) is 0 Å². The zero-order valence-electron chi connectivity index (χ0n) is 24.2. The van der Waals surface area contributed by atoms with Crippen LogP contribution in [0.1, 0.15) is 40.6 Å². The summed E-state index contributed by atoms with van der Waals surface area (Å²) in [6.45, 7) is 1.83. The average Bonchev–Trinajstić information content (AvgIpc) is 3.30. The van der Waals surface area contributed by atoms with Gasteiger partial charge in [-0.3, -0.25) is 29.0 Å². The molecule has 2 unspecified atom stereocenters. The van der Waals surface area contributed by atoms with Crippen molar-refractivity contribution in [2.24, 2.45) is 0 Å². The summed E-state index contributed by atoms with van der Waals surface area (Å²) in [6.07, 6.45) is 2.49. The van der Waals surface area contributed by atoms with Gasteiger partial charge in [0, 0.05) is 36.8 Å². The average molecular weight is 600 g/mol. The summed E-state index contributed by atoms with van der Waals surface area (Å²) in [4.78, 5) is 70.3. The zero-order valence-corrected chi connectivity index (χ0v) is 24.2. The molecule has 2 aromatic carbocycles. The van der Waals surface area contributed by atoms with E-state index in [0.717, 1.165) is 5.39 Å². The van der Waals surface area contributed by atoms with Gasteiger partial charge in [-0.15, -0.1) is 0 Å². The van der Waals surface area contributed by atoms with E-state index < -0.39 is 42.1 Å². The second-order valence-corrected chi connectivity index (χ2v) is 10.4. The van der Waals surface area contributed by atoms with Crippen molar-refractivity contribution < 1.29 is 33.4 Å². The van der Waals surface area contributed by atoms with Crippen LogP contribution in [0.2, 0.25) is 0 Å². The number of aromatic nitrogens is 1. The molecule has 1 saturated heterocycles. The molecule has 3 N–H and O–H groups in total. The van der Waals surface area contributed by atoms with Gasteiger partial charge in [-0.05, 0) is 42.5 Å². The smallest absolute Gasteiger partial charge is 0.310 e. The summed E-state index contributed by atoms with van der Waals surface area (Å²) in [5.74, 6) is -2.31. The van der Waals surface area contributed by atoms with E-state index in [0.29, 0.717) is 16.5 Å². The minimum atomic E-state index is -0.994. The molecule has 12 heteroatoms. The third-order valence-electron chi connectivity index (χ3n) is 7.33. The highest BCUT2D eigenvalue weighted by molar-refractivity contribution is 6.06. The maximum Gasteiger partial charge on any atom is 0.310 e. The van der Waals surface area contributed by atoms with Crippen LogP contribution in [-0.2, 0) is 23.9 Å². The number of rotatable bonds is 10. The number of nitrogens with zero attached hydrogens (tertiary/aromatic N) is 2. The van der Waals surface area contributed by atoms with E-state index in [2.05, 4.69) is 20.9 Å². The fourth-order valence-corrected chi connectivity index (χ4v) is 5.18. The normalized spacial score (nSPS) is 20.0. The molecular weight excluding hydrogens is 566 g/mol. The van der Waals surface area contributed by atoms with E-state index in [1.54, 1.807) is 55.5 Å². The number of pyridine rings is 1. The van der Waals surface area contributed by atoms with Crippen LogP contribution >= 0.6 is 0 Å². The maximum absolute atomic E-state index is 13.8. The van der Waals surface area contributed by atoms with Crippen LogP contribution in [0.3, 0.4) is 0 Å². The van der Waals surface area contributed by atoms with Crippen molar-refractivity contribution in [3.05, 3.63) is 89.8 Å². The summed E-state index contributed by atoms with van der Waals surface area (Å²) in [5.41, 5.74) is 1.35. The quantitative estimate of drug-likeness (QED) is 0.235. The Morgan fingerprint density at radius 2 is 1.77 bits per heavy atom. The van der Waals surface area contributed by atoms with E-state index in [1.165, 1.54) is 11.1 Å². The second-order valence-electron chi connectivity index (χ2n) is 10.4. The summed E-state index contributed by atoms with van der Waals surface area (Å²) < 4.78 is 10.5. The predicted octanol–water partition coefficient (Wildman–Crippen LogP) is 1.72. The van der Waals surface area contributed by atoms with Crippen molar-refractivity contribution in [3.8, 4) is 0 Å². The van der Waals surface area contributed by atoms with Crippen LogP contribution in [0.5, 0.6) is 0 Å². The lowest BCUT2D eigenvalue weighted by molar-refractivity contribution is -0.164. The maximum atomic E-state index is 13.8. The molecule has 0 aliphatic carbocycles. The third kappa shape index (κ3) is 7.27. The molecule has 3 heterocycles. The minimum Gasteiger partial charge on any atom is -0.433 e. The van der Waals surface area contributed by atoms with Crippen LogP contribution in [-0.4, -0.2) is 84.1 Å². The van der Waals surface area contributed by atoms with Crippen molar-refractivity contribution in [1.29, 1.82) is 0 Å². The largest absolute Gasteiger partial charge is 0.433 e. The number of amides is 4. The SMILES string of the molecule is CCOC1OC(=O)CC1NC(=O)CN1CC(CNC(=O)c2ccccc2)=CC[C@H](NC(=O)c2nccc3ccccc23)C1=O. The van der Waals surface area contributed by atoms with E-state index in [1.807, 2.05) is 18.2 Å². The fraction of sp³-hybridized carbons (Fsp3) is 0.312. The van der Waals surface area contributed by atoms with Crippen LogP contribution in [0.25, 0.3) is 10.8 Å². The molecule has 2 aliphatic heterocycles. The van der Waals surface area contributed by atoms with E-state index in [-0.39, 0.29) is 50.7 Å². The molecule has 0 saturated carbocycles. The summed E-state index contributed by atoms with van der Waals surface area (Å²) in [6, 6.07) is 16.1. The minimum absolute atomic E-state index is 0.0369. The van der Waals surface area contributed by atoms with Gasteiger partial charge in [0.1, 0.15) is 17.8 Å². The van der Waals surface area contributed by atoms with Crippen LogP contribution in [0.4, 0.5) is 0 Å². The van der Waals surface area contributed by atoms with Gasteiger partial charge in [0.15, 0.2) is 0 Å². The van der Waals surface area contributed by atoms with Gasteiger partial charge in [-0.25, -0.2) is 0 Å². The predicted molar refractivity (Wildman–Crippen MR) is 159 cm³/mol. The topological polar surface area (TPSA) is 156 Å². The van der Waals surface area contributed by atoms with Crippen molar-refractivity contribution in [3.63, 3.8) is 0 Å². The Kier molecular flexibility index (Phi) is 9.60. The first-order valence-corrected chi connectivity index (χ1v) is 14.4. The van der Waals surface area contributed by atoms with Crippen molar-refractivity contribution in [2.45, 2.75) is 38.1 Å². The molecule has 228 valence electrons. The molecule has 12 nitrogen and oxygen atoms in total. The van der Waals surface area contributed by atoms with Gasteiger partial charge in [0.05, 0.1) is 13.0 Å². The lowest BCUT2D eigenvalue weighted by Crippen LogP contribution is -2.52. The third-order valence-corrected chi connectivity index (χ3v) is 7.33. The van der Waals surface area contributed by atoms with Crippen molar-refractivity contribution >= 4 is 40.4 Å². The van der Waals surface area contributed by atoms with Gasteiger partial charge >= 0.3 is 5.97 Å². The van der Waals surface area contributed by atoms with Crippen LogP contribution in [0.15, 0.2) is 78.5 Å². The van der Waals surface area contributed by atoms with Gasteiger partial charge < -0.3 is 30.3 Å². The van der Waals surface area contributed by atoms with Crippen LogP contribution in [0, 0.1) is 0 Å². The zero-order chi connectivity index (χ0) is 31.1. The Morgan fingerprint density at radius 3 is 2.57 bits per heavy atom. The molecule has 0 spiro atoms. The molecule has 5 rings (SSSR count). The molecule has 0 radical (unpaired) electrons. The molecule has 3 atom stereocenters. The van der Waals surface area contributed by atoms with E-state index in [4.69, 9.17) is 9.47 Å². The summed E-state index contributed by atoms with van der Waals surface area (Å²) in [7, 11) is 0. The Balaban J connectivity index is 1.32. The highest BCUT2D eigenvalue weighted by atomic mass is 16.7. The lowest BCUT2D eigenvalue weighted by Gasteiger charge is -2.26. The number of ether oxygens (including phenoxy) is 2. The number of carbonyl (C=O) groups is 5. The Labute approximate surface area is 253 Å². The van der Waals surface area contributed by atoms with Crippen molar-refractivity contribution in [2.75, 3.05) is 26.2 Å². The number of cyclic esters (lactones) is 1. The van der Waals surface area contributed by atoms with Gasteiger partial charge in [-0.1, -0.05) is 48.5 Å². The van der Waals surface area contributed by atoms with Crippen LogP contribution < -0.4 is 16.0 Å². The highest BCUT2D eigenvalue weighted by Crippen LogP contribution is 2.19. The Hall–Kier alpha value is -5.10.